The van der Waals surface area contributed by atoms with Gasteiger partial charge in [0.05, 0.1) is 4.92 Å². The van der Waals surface area contributed by atoms with Crippen LogP contribution >= 0.6 is 0 Å². The molecule has 0 aliphatic heterocycles. The largest absolute Gasteiger partial charge is 0.476 e. The van der Waals surface area contributed by atoms with Gasteiger partial charge in [-0.15, -0.1) is 0 Å². The summed E-state index contributed by atoms with van der Waals surface area (Å²) in [6, 6.07) is 1.19. The normalized spacial score (nSPS) is 10.0. The highest BCUT2D eigenvalue weighted by Crippen LogP contribution is 2.32. The van der Waals surface area contributed by atoms with Crippen molar-refractivity contribution in [1.29, 1.82) is 5.26 Å². The van der Waals surface area contributed by atoms with E-state index in [2.05, 4.69) is 4.98 Å². The minimum atomic E-state index is -3.34. The standard InChI is InChI=1S/C8H3F2N3O4/c9-7(10)5-3(1-11)6(8(14)15)12-2-4(5)13(16)17/h2,7H,(H,14,15). The first-order valence-electron chi connectivity index (χ1n) is 3.99. The lowest BCUT2D eigenvalue weighted by Gasteiger charge is -2.05. The molecule has 1 aromatic heterocycles. The molecule has 0 bridgehead atoms. The van der Waals surface area contributed by atoms with Crippen molar-refractivity contribution in [3.05, 3.63) is 33.1 Å². The molecular weight excluding hydrogens is 240 g/mol. The van der Waals surface area contributed by atoms with Gasteiger partial charge in [0, 0.05) is 0 Å². The summed E-state index contributed by atoms with van der Waals surface area (Å²) in [6.07, 6.45) is -2.95. The predicted molar refractivity (Wildman–Crippen MR) is 47.5 cm³/mol. The molecule has 0 aromatic carbocycles. The maximum Gasteiger partial charge on any atom is 0.355 e. The second kappa shape index (κ2) is 4.48. The van der Waals surface area contributed by atoms with Gasteiger partial charge in [-0.3, -0.25) is 10.1 Å². The maximum absolute atomic E-state index is 12.6. The third kappa shape index (κ3) is 2.15. The zero-order valence-electron chi connectivity index (χ0n) is 7.92. The third-order valence-electron chi connectivity index (χ3n) is 1.83. The van der Waals surface area contributed by atoms with E-state index in [4.69, 9.17) is 10.4 Å². The van der Waals surface area contributed by atoms with E-state index in [0.717, 1.165) is 0 Å². The molecule has 0 amide bonds. The number of carbonyl (C=O) groups is 1. The van der Waals surface area contributed by atoms with Gasteiger partial charge in [0.1, 0.15) is 23.4 Å². The lowest BCUT2D eigenvalue weighted by Crippen LogP contribution is -2.09. The molecule has 17 heavy (non-hydrogen) atoms. The van der Waals surface area contributed by atoms with Crippen LogP contribution in [0.15, 0.2) is 6.20 Å². The molecule has 0 unspecified atom stereocenters. The van der Waals surface area contributed by atoms with Crippen molar-refractivity contribution in [2.24, 2.45) is 0 Å². The van der Waals surface area contributed by atoms with Gasteiger partial charge in [-0.25, -0.2) is 18.6 Å². The van der Waals surface area contributed by atoms with Gasteiger partial charge >= 0.3 is 5.97 Å². The van der Waals surface area contributed by atoms with Crippen LogP contribution in [-0.2, 0) is 0 Å². The topological polar surface area (TPSA) is 117 Å². The zero-order valence-corrected chi connectivity index (χ0v) is 7.92. The first-order valence-corrected chi connectivity index (χ1v) is 3.99. The van der Waals surface area contributed by atoms with Crippen LogP contribution in [0.5, 0.6) is 0 Å². The van der Waals surface area contributed by atoms with E-state index in [-0.39, 0.29) is 0 Å². The van der Waals surface area contributed by atoms with Crippen LogP contribution in [-0.4, -0.2) is 21.0 Å². The Balaban J connectivity index is 3.69. The smallest absolute Gasteiger partial charge is 0.355 e. The summed E-state index contributed by atoms with van der Waals surface area (Å²) in [5.41, 5.74) is -4.25. The molecule has 0 aliphatic carbocycles. The number of pyridine rings is 1. The van der Waals surface area contributed by atoms with Gasteiger partial charge in [0.15, 0.2) is 5.69 Å². The van der Waals surface area contributed by atoms with E-state index in [9.17, 15) is 23.7 Å². The fourth-order valence-electron chi connectivity index (χ4n) is 1.16. The number of aromatic carboxylic acids is 1. The van der Waals surface area contributed by atoms with E-state index >= 15 is 0 Å². The molecule has 0 aliphatic rings. The highest BCUT2D eigenvalue weighted by Gasteiger charge is 2.30. The molecule has 0 saturated carbocycles. The first-order chi connectivity index (χ1) is 7.90. The zero-order chi connectivity index (χ0) is 13.2. The summed E-state index contributed by atoms with van der Waals surface area (Å²) in [7, 11) is 0. The average Bonchev–Trinajstić information content (AvgIpc) is 2.26. The SMILES string of the molecule is N#Cc1c(C(=O)O)ncc([N+](=O)[O-])c1C(F)F. The minimum absolute atomic E-state index is 0.395. The van der Waals surface area contributed by atoms with Crippen LogP contribution in [0.2, 0.25) is 0 Å². The Labute approximate surface area is 92.1 Å². The Morgan fingerprint density at radius 3 is 2.59 bits per heavy atom. The van der Waals surface area contributed by atoms with Crippen LogP contribution < -0.4 is 0 Å². The number of aromatic nitrogens is 1. The summed E-state index contributed by atoms with van der Waals surface area (Å²) in [4.78, 5) is 23.0. The van der Waals surface area contributed by atoms with Crippen LogP contribution in [0.25, 0.3) is 0 Å². The van der Waals surface area contributed by atoms with Crippen LogP contribution in [0.4, 0.5) is 14.5 Å². The Hall–Kier alpha value is -2.63. The molecule has 88 valence electrons. The molecule has 0 fully saturated rings. The number of nitro groups is 1. The van der Waals surface area contributed by atoms with Crippen molar-refractivity contribution in [3.63, 3.8) is 0 Å². The highest BCUT2D eigenvalue weighted by atomic mass is 19.3. The Morgan fingerprint density at radius 1 is 1.65 bits per heavy atom. The van der Waals surface area contributed by atoms with Gasteiger partial charge < -0.3 is 5.11 Å². The Bertz CT molecular complexity index is 538. The van der Waals surface area contributed by atoms with Gasteiger partial charge in [0.2, 0.25) is 0 Å². The summed E-state index contributed by atoms with van der Waals surface area (Å²) < 4.78 is 25.2. The van der Waals surface area contributed by atoms with Crippen LogP contribution in [0.1, 0.15) is 28.0 Å². The number of carboxylic acid groups (broad SMARTS) is 1. The molecule has 0 saturated heterocycles. The molecule has 9 heteroatoms. The first kappa shape index (κ1) is 12.4. The number of halogens is 2. The molecule has 7 nitrogen and oxygen atoms in total. The van der Waals surface area contributed by atoms with E-state index in [1.54, 1.807) is 0 Å². The average molecular weight is 243 g/mol. The lowest BCUT2D eigenvalue weighted by molar-refractivity contribution is -0.386. The number of hydrogen-bond donors (Lipinski definition) is 1. The second-order valence-electron chi connectivity index (χ2n) is 2.76. The third-order valence-corrected chi connectivity index (χ3v) is 1.83. The maximum atomic E-state index is 12.6. The van der Waals surface area contributed by atoms with Crippen molar-refractivity contribution < 1.29 is 23.6 Å². The van der Waals surface area contributed by atoms with Crippen molar-refractivity contribution in [2.45, 2.75) is 6.43 Å². The lowest BCUT2D eigenvalue weighted by atomic mass is 10.1. The van der Waals surface area contributed by atoms with Gasteiger partial charge in [-0.2, -0.15) is 5.26 Å². The Kier molecular flexibility index (Phi) is 3.28. The van der Waals surface area contributed by atoms with E-state index in [1.165, 1.54) is 6.07 Å². The van der Waals surface area contributed by atoms with Crippen molar-refractivity contribution >= 4 is 11.7 Å². The molecule has 1 N–H and O–H groups in total. The highest BCUT2D eigenvalue weighted by molar-refractivity contribution is 5.89. The molecule has 0 atom stereocenters. The summed E-state index contributed by atoms with van der Waals surface area (Å²) in [5.74, 6) is -1.71. The fourth-order valence-corrected chi connectivity index (χ4v) is 1.16. The number of nitrogens with zero attached hydrogens (tertiary/aromatic N) is 3. The van der Waals surface area contributed by atoms with Crippen molar-refractivity contribution in [3.8, 4) is 6.07 Å². The van der Waals surface area contributed by atoms with Crippen LogP contribution in [0.3, 0.4) is 0 Å². The second-order valence-corrected chi connectivity index (χ2v) is 2.76. The molecule has 0 spiro atoms. The van der Waals surface area contributed by atoms with Crippen molar-refractivity contribution in [2.75, 3.05) is 0 Å². The number of nitriles is 1. The number of carboxylic acids is 1. The van der Waals surface area contributed by atoms with Crippen LogP contribution in [0, 0.1) is 21.4 Å². The molecule has 0 radical (unpaired) electrons. The van der Waals surface area contributed by atoms with Gasteiger partial charge in [-0.1, -0.05) is 0 Å². The summed E-state index contributed by atoms with van der Waals surface area (Å²) >= 11 is 0. The Morgan fingerprint density at radius 2 is 2.24 bits per heavy atom. The minimum Gasteiger partial charge on any atom is -0.476 e. The molecule has 1 heterocycles. The van der Waals surface area contributed by atoms with Gasteiger partial charge in [0.25, 0.3) is 12.1 Å². The summed E-state index contributed by atoms with van der Waals surface area (Å²) in [6.45, 7) is 0. The fraction of sp³-hybridized carbons (Fsp3) is 0.125. The number of hydrogen-bond acceptors (Lipinski definition) is 5. The molecular formula is C8H3F2N3O4. The molecule has 1 rings (SSSR count). The number of alkyl halides is 2. The predicted octanol–water partition coefficient (Wildman–Crippen LogP) is 1.50. The number of rotatable bonds is 3. The van der Waals surface area contributed by atoms with Crippen molar-refractivity contribution in [1.82, 2.24) is 4.98 Å². The quantitative estimate of drug-likeness (QED) is 0.634. The van der Waals surface area contributed by atoms with E-state index in [0.29, 0.717) is 6.20 Å². The van der Waals surface area contributed by atoms with E-state index < -0.39 is 39.8 Å². The van der Waals surface area contributed by atoms with Gasteiger partial charge in [-0.05, 0) is 0 Å². The monoisotopic (exact) mass is 243 g/mol. The molecule has 1 aromatic rings. The summed E-state index contributed by atoms with van der Waals surface area (Å²) in [5, 5.41) is 27.6. The van der Waals surface area contributed by atoms with E-state index in [1.807, 2.05) is 0 Å².